The predicted octanol–water partition coefficient (Wildman–Crippen LogP) is 1.91. The molecule has 0 aromatic heterocycles. The van der Waals surface area contributed by atoms with E-state index < -0.39 is 16.4 Å². The average molecular weight is 240 g/mol. The molecule has 92 valence electrons. The summed E-state index contributed by atoms with van der Waals surface area (Å²) in [5, 5.41) is 23.4. The van der Waals surface area contributed by atoms with Crippen molar-refractivity contribution in [2.24, 2.45) is 0 Å². The number of phenolic OH excluding ortho intramolecular Hbond substituents is 1. The molecule has 0 saturated carbocycles. The van der Waals surface area contributed by atoms with Gasteiger partial charge in [-0.25, -0.2) is 0 Å². The molecule has 2 N–H and O–H groups in total. The van der Waals surface area contributed by atoms with E-state index in [0.717, 1.165) is 31.5 Å². The third kappa shape index (κ3) is 2.36. The highest BCUT2D eigenvalue weighted by Gasteiger charge is 2.24. The molecule has 2 rings (SSSR count). The smallest absolute Gasteiger partial charge is 0.305 e. The molecule has 0 radical (unpaired) electrons. The van der Waals surface area contributed by atoms with Crippen LogP contribution in [0.5, 0.6) is 5.75 Å². The summed E-state index contributed by atoms with van der Waals surface area (Å²) in [5.74, 6) is -1.20. The summed E-state index contributed by atoms with van der Waals surface area (Å²) in [6.45, 7) is 1.55. The van der Waals surface area contributed by atoms with Crippen LogP contribution in [-0.4, -0.2) is 23.1 Å². The standard InChI is InChI=1S/C11H13FN2O3/c12-9-5-11(15)8(4-10(9)14(16)17)7-2-1-3-13-6-7/h4-5,7,13,15H,1-3,6H2. The van der Waals surface area contributed by atoms with Crippen LogP contribution in [0.1, 0.15) is 24.3 Å². The lowest BCUT2D eigenvalue weighted by atomic mass is 9.90. The van der Waals surface area contributed by atoms with Crippen LogP contribution in [0.25, 0.3) is 0 Å². The molecule has 1 saturated heterocycles. The van der Waals surface area contributed by atoms with Crippen LogP contribution < -0.4 is 5.32 Å². The highest BCUT2D eigenvalue weighted by Crippen LogP contribution is 2.34. The van der Waals surface area contributed by atoms with Crippen LogP contribution in [-0.2, 0) is 0 Å². The van der Waals surface area contributed by atoms with Gasteiger partial charge in [-0.2, -0.15) is 4.39 Å². The van der Waals surface area contributed by atoms with Crippen molar-refractivity contribution in [2.75, 3.05) is 13.1 Å². The Balaban J connectivity index is 2.38. The van der Waals surface area contributed by atoms with Crippen LogP contribution in [0.3, 0.4) is 0 Å². The molecule has 0 bridgehead atoms. The van der Waals surface area contributed by atoms with Crippen LogP contribution in [0, 0.1) is 15.9 Å². The largest absolute Gasteiger partial charge is 0.508 e. The number of nitro groups is 1. The minimum absolute atomic E-state index is 0.00282. The molecule has 1 unspecified atom stereocenters. The first-order chi connectivity index (χ1) is 8.09. The van der Waals surface area contributed by atoms with Crippen LogP contribution >= 0.6 is 0 Å². The molecular weight excluding hydrogens is 227 g/mol. The molecule has 1 aliphatic rings. The van der Waals surface area contributed by atoms with Gasteiger partial charge in [-0.3, -0.25) is 10.1 Å². The van der Waals surface area contributed by atoms with E-state index in [-0.39, 0.29) is 11.7 Å². The zero-order valence-electron chi connectivity index (χ0n) is 9.15. The zero-order valence-corrected chi connectivity index (χ0v) is 9.15. The Morgan fingerprint density at radius 3 is 2.88 bits per heavy atom. The van der Waals surface area contributed by atoms with E-state index in [2.05, 4.69) is 5.32 Å². The number of piperidine rings is 1. The van der Waals surface area contributed by atoms with E-state index in [9.17, 15) is 19.6 Å². The topological polar surface area (TPSA) is 75.4 Å². The monoisotopic (exact) mass is 240 g/mol. The van der Waals surface area contributed by atoms with Gasteiger partial charge >= 0.3 is 5.69 Å². The van der Waals surface area contributed by atoms with Crippen molar-refractivity contribution in [2.45, 2.75) is 18.8 Å². The summed E-state index contributed by atoms with van der Waals surface area (Å²) in [7, 11) is 0. The van der Waals surface area contributed by atoms with Crippen molar-refractivity contribution >= 4 is 5.69 Å². The third-order valence-corrected chi connectivity index (χ3v) is 3.03. The molecule has 0 amide bonds. The van der Waals surface area contributed by atoms with Gasteiger partial charge in [0.25, 0.3) is 0 Å². The van der Waals surface area contributed by atoms with E-state index in [4.69, 9.17) is 0 Å². The fourth-order valence-electron chi connectivity index (χ4n) is 2.15. The van der Waals surface area contributed by atoms with Crippen molar-refractivity contribution in [3.8, 4) is 5.75 Å². The number of hydrogen-bond donors (Lipinski definition) is 2. The van der Waals surface area contributed by atoms with Gasteiger partial charge in [-0.1, -0.05) is 0 Å². The van der Waals surface area contributed by atoms with Crippen molar-refractivity contribution in [3.63, 3.8) is 0 Å². The minimum Gasteiger partial charge on any atom is -0.508 e. The van der Waals surface area contributed by atoms with Crippen molar-refractivity contribution < 1.29 is 14.4 Å². The lowest BCUT2D eigenvalue weighted by Crippen LogP contribution is -2.28. The number of nitrogens with one attached hydrogen (secondary N) is 1. The Labute approximate surface area is 97.4 Å². The fourth-order valence-corrected chi connectivity index (χ4v) is 2.15. The average Bonchev–Trinajstić information content (AvgIpc) is 2.29. The maximum Gasteiger partial charge on any atom is 0.305 e. The number of rotatable bonds is 2. The Morgan fingerprint density at radius 1 is 1.53 bits per heavy atom. The summed E-state index contributed by atoms with van der Waals surface area (Å²) in [6, 6.07) is 1.96. The van der Waals surface area contributed by atoms with Gasteiger partial charge in [0.05, 0.1) is 4.92 Å². The first kappa shape index (κ1) is 11.8. The lowest BCUT2D eigenvalue weighted by molar-refractivity contribution is -0.387. The fraction of sp³-hybridized carbons (Fsp3) is 0.455. The molecule has 1 heterocycles. The second-order valence-corrected chi connectivity index (χ2v) is 4.16. The maximum absolute atomic E-state index is 13.2. The zero-order chi connectivity index (χ0) is 12.4. The number of halogens is 1. The number of nitrogens with zero attached hydrogens (tertiary/aromatic N) is 1. The van der Waals surface area contributed by atoms with Gasteiger partial charge in [0.2, 0.25) is 5.82 Å². The summed E-state index contributed by atoms with van der Waals surface area (Å²) >= 11 is 0. The number of benzene rings is 1. The summed E-state index contributed by atoms with van der Waals surface area (Å²) in [5.41, 5.74) is -0.131. The number of hydrogen-bond acceptors (Lipinski definition) is 4. The minimum atomic E-state index is -1.000. The highest BCUT2D eigenvalue weighted by atomic mass is 19.1. The second kappa shape index (κ2) is 4.67. The summed E-state index contributed by atoms with van der Waals surface area (Å²) < 4.78 is 13.2. The Kier molecular flexibility index (Phi) is 3.23. The predicted molar refractivity (Wildman–Crippen MR) is 59.6 cm³/mol. The Morgan fingerprint density at radius 2 is 2.29 bits per heavy atom. The molecule has 17 heavy (non-hydrogen) atoms. The van der Waals surface area contributed by atoms with Crippen LogP contribution in [0.2, 0.25) is 0 Å². The van der Waals surface area contributed by atoms with Gasteiger partial charge < -0.3 is 10.4 Å². The summed E-state index contributed by atoms with van der Waals surface area (Å²) in [6.07, 6.45) is 1.78. The van der Waals surface area contributed by atoms with E-state index in [1.807, 2.05) is 0 Å². The third-order valence-electron chi connectivity index (χ3n) is 3.03. The molecular formula is C11H13FN2O3. The van der Waals surface area contributed by atoms with Crippen molar-refractivity contribution in [1.82, 2.24) is 5.32 Å². The molecule has 5 nitrogen and oxygen atoms in total. The molecule has 0 aliphatic carbocycles. The first-order valence-corrected chi connectivity index (χ1v) is 5.47. The van der Waals surface area contributed by atoms with E-state index in [0.29, 0.717) is 12.1 Å². The Bertz CT molecular complexity index is 445. The van der Waals surface area contributed by atoms with E-state index in [1.54, 1.807) is 0 Å². The molecule has 1 aromatic carbocycles. The van der Waals surface area contributed by atoms with Gasteiger partial charge in [0, 0.05) is 30.2 Å². The van der Waals surface area contributed by atoms with E-state index >= 15 is 0 Å². The van der Waals surface area contributed by atoms with Gasteiger partial charge in [0.1, 0.15) is 5.75 Å². The normalized spacial score (nSPS) is 20.2. The molecule has 0 spiro atoms. The molecule has 1 fully saturated rings. The molecule has 1 aromatic rings. The Hall–Kier alpha value is -1.69. The van der Waals surface area contributed by atoms with Crippen molar-refractivity contribution in [1.29, 1.82) is 0 Å². The summed E-state index contributed by atoms with van der Waals surface area (Å²) in [4.78, 5) is 9.87. The maximum atomic E-state index is 13.2. The first-order valence-electron chi connectivity index (χ1n) is 5.47. The molecule has 1 atom stereocenters. The molecule has 6 heteroatoms. The molecule has 1 aliphatic heterocycles. The quantitative estimate of drug-likeness (QED) is 0.611. The number of phenols is 1. The lowest BCUT2D eigenvalue weighted by Gasteiger charge is -2.23. The van der Waals surface area contributed by atoms with Gasteiger partial charge in [-0.15, -0.1) is 0 Å². The second-order valence-electron chi connectivity index (χ2n) is 4.16. The van der Waals surface area contributed by atoms with Gasteiger partial charge in [0.15, 0.2) is 0 Å². The number of aromatic hydroxyl groups is 1. The van der Waals surface area contributed by atoms with Crippen molar-refractivity contribution in [3.05, 3.63) is 33.6 Å². The van der Waals surface area contributed by atoms with Crippen LogP contribution in [0.15, 0.2) is 12.1 Å². The van der Waals surface area contributed by atoms with Gasteiger partial charge in [-0.05, 0) is 19.4 Å². The van der Waals surface area contributed by atoms with E-state index in [1.165, 1.54) is 0 Å². The SMILES string of the molecule is O=[N+]([O-])c1cc(C2CCCNC2)c(O)cc1F. The highest BCUT2D eigenvalue weighted by molar-refractivity contribution is 5.46. The van der Waals surface area contributed by atoms with Crippen LogP contribution in [0.4, 0.5) is 10.1 Å². The number of nitro benzene ring substituents is 1.